The SMILES string of the molecule is COc1cc(C2NNc3ccc(NC=O)cc32)ccn1. The highest BCUT2D eigenvalue weighted by Crippen LogP contribution is 2.35. The lowest BCUT2D eigenvalue weighted by atomic mass is 9.99. The molecule has 1 amide bonds. The Morgan fingerprint density at radius 1 is 1.35 bits per heavy atom. The molecule has 1 atom stereocenters. The third-order valence-corrected chi connectivity index (χ3v) is 3.24. The molecule has 0 bridgehead atoms. The van der Waals surface area contributed by atoms with Crippen molar-refractivity contribution >= 4 is 17.8 Å². The molecule has 102 valence electrons. The minimum atomic E-state index is -0.0182. The van der Waals surface area contributed by atoms with E-state index in [1.807, 2.05) is 30.3 Å². The van der Waals surface area contributed by atoms with Gasteiger partial charge in [-0.1, -0.05) is 0 Å². The Labute approximate surface area is 116 Å². The van der Waals surface area contributed by atoms with E-state index in [0.29, 0.717) is 12.3 Å². The fourth-order valence-corrected chi connectivity index (χ4v) is 2.28. The van der Waals surface area contributed by atoms with Gasteiger partial charge in [0.05, 0.1) is 18.8 Å². The Hall–Kier alpha value is -2.60. The highest BCUT2D eigenvalue weighted by Gasteiger charge is 2.24. The summed E-state index contributed by atoms with van der Waals surface area (Å²) in [5.74, 6) is 0.569. The van der Waals surface area contributed by atoms with Gasteiger partial charge in [-0.05, 0) is 29.8 Å². The topological polar surface area (TPSA) is 75.3 Å². The number of pyridine rings is 1. The predicted molar refractivity (Wildman–Crippen MR) is 75.5 cm³/mol. The number of anilines is 2. The van der Waals surface area contributed by atoms with Crippen LogP contribution in [0.25, 0.3) is 0 Å². The average Bonchev–Trinajstić information content (AvgIpc) is 2.91. The van der Waals surface area contributed by atoms with E-state index >= 15 is 0 Å². The molecule has 6 heteroatoms. The van der Waals surface area contributed by atoms with E-state index in [1.54, 1.807) is 13.3 Å². The van der Waals surface area contributed by atoms with Gasteiger partial charge in [0.25, 0.3) is 0 Å². The van der Waals surface area contributed by atoms with Crippen molar-refractivity contribution in [3.8, 4) is 5.88 Å². The maximum atomic E-state index is 10.5. The normalized spacial score (nSPS) is 16.1. The largest absolute Gasteiger partial charge is 0.481 e. The summed E-state index contributed by atoms with van der Waals surface area (Å²) in [5.41, 5.74) is 10.2. The molecule has 3 N–H and O–H groups in total. The number of carbonyl (C=O) groups excluding carboxylic acids is 1. The monoisotopic (exact) mass is 270 g/mol. The van der Waals surface area contributed by atoms with Gasteiger partial charge in [-0.3, -0.25) is 4.79 Å². The second-order valence-corrected chi connectivity index (χ2v) is 4.40. The van der Waals surface area contributed by atoms with Crippen molar-refractivity contribution in [2.24, 2.45) is 0 Å². The van der Waals surface area contributed by atoms with Crippen LogP contribution < -0.4 is 20.9 Å². The molecule has 0 radical (unpaired) electrons. The van der Waals surface area contributed by atoms with Crippen molar-refractivity contribution < 1.29 is 9.53 Å². The Balaban J connectivity index is 1.98. The molecule has 1 unspecified atom stereocenters. The molecule has 0 spiro atoms. The zero-order chi connectivity index (χ0) is 13.9. The first kappa shape index (κ1) is 12.4. The van der Waals surface area contributed by atoms with Gasteiger partial charge >= 0.3 is 0 Å². The molecule has 2 aromatic rings. The number of benzene rings is 1. The molecule has 20 heavy (non-hydrogen) atoms. The Morgan fingerprint density at radius 2 is 2.25 bits per heavy atom. The Bertz CT molecular complexity index is 645. The number of nitrogens with zero attached hydrogens (tertiary/aromatic N) is 1. The van der Waals surface area contributed by atoms with E-state index in [-0.39, 0.29) is 6.04 Å². The Morgan fingerprint density at radius 3 is 3.05 bits per heavy atom. The maximum absolute atomic E-state index is 10.5. The number of amides is 1. The summed E-state index contributed by atoms with van der Waals surface area (Å²) < 4.78 is 5.15. The fourth-order valence-electron chi connectivity index (χ4n) is 2.28. The third kappa shape index (κ3) is 2.17. The number of methoxy groups -OCH3 is 1. The predicted octanol–water partition coefficient (Wildman–Crippen LogP) is 1.68. The van der Waals surface area contributed by atoms with Gasteiger partial charge in [-0.2, -0.15) is 0 Å². The van der Waals surface area contributed by atoms with E-state index in [9.17, 15) is 4.79 Å². The summed E-state index contributed by atoms with van der Waals surface area (Å²) in [6.07, 6.45) is 2.38. The van der Waals surface area contributed by atoms with Crippen LogP contribution >= 0.6 is 0 Å². The van der Waals surface area contributed by atoms with Gasteiger partial charge < -0.3 is 15.5 Å². The minimum Gasteiger partial charge on any atom is -0.481 e. The van der Waals surface area contributed by atoms with E-state index in [1.165, 1.54) is 0 Å². The van der Waals surface area contributed by atoms with Gasteiger partial charge in [0.1, 0.15) is 0 Å². The van der Waals surface area contributed by atoms with Crippen molar-refractivity contribution in [3.05, 3.63) is 47.7 Å². The number of hydrazine groups is 1. The quantitative estimate of drug-likeness (QED) is 0.737. The number of aromatic nitrogens is 1. The Kier molecular flexibility index (Phi) is 3.22. The molecular weight excluding hydrogens is 256 g/mol. The highest BCUT2D eigenvalue weighted by atomic mass is 16.5. The molecule has 0 saturated heterocycles. The van der Waals surface area contributed by atoms with Crippen LogP contribution in [-0.4, -0.2) is 18.5 Å². The number of fused-ring (bicyclic) bond motifs is 1. The van der Waals surface area contributed by atoms with E-state index in [2.05, 4.69) is 21.2 Å². The molecule has 0 aliphatic carbocycles. The summed E-state index contributed by atoms with van der Waals surface area (Å²) in [6, 6.07) is 9.50. The molecule has 2 heterocycles. The van der Waals surface area contributed by atoms with Crippen LogP contribution in [0.1, 0.15) is 17.2 Å². The molecule has 1 aromatic heterocycles. The van der Waals surface area contributed by atoms with Crippen LogP contribution in [0.2, 0.25) is 0 Å². The van der Waals surface area contributed by atoms with Crippen LogP contribution in [0, 0.1) is 0 Å². The lowest BCUT2D eigenvalue weighted by Gasteiger charge is -2.12. The first-order valence-corrected chi connectivity index (χ1v) is 6.17. The number of carbonyl (C=O) groups is 1. The molecule has 0 fully saturated rings. The second kappa shape index (κ2) is 5.18. The maximum Gasteiger partial charge on any atom is 0.213 e. The number of ether oxygens (including phenoxy) is 1. The van der Waals surface area contributed by atoms with Gasteiger partial charge in [0.15, 0.2) is 0 Å². The van der Waals surface area contributed by atoms with E-state index in [0.717, 1.165) is 22.5 Å². The minimum absolute atomic E-state index is 0.0182. The van der Waals surface area contributed by atoms with Crippen molar-refractivity contribution in [1.29, 1.82) is 0 Å². The fraction of sp³-hybridized carbons (Fsp3) is 0.143. The summed E-state index contributed by atoms with van der Waals surface area (Å²) >= 11 is 0. The van der Waals surface area contributed by atoms with Crippen LogP contribution in [0.15, 0.2) is 36.5 Å². The summed E-state index contributed by atoms with van der Waals surface area (Å²) in [5, 5.41) is 2.66. The summed E-state index contributed by atoms with van der Waals surface area (Å²) in [4.78, 5) is 14.6. The zero-order valence-electron chi connectivity index (χ0n) is 10.9. The number of rotatable bonds is 4. The first-order valence-electron chi connectivity index (χ1n) is 6.17. The summed E-state index contributed by atoms with van der Waals surface area (Å²) in [7, 11) is 1.59. The number of hydrogen-bond acceptors (Lipinski definition) is 5. The van der Waals surface area contributed by atoms with Gasteiger partial charge in [-0.25, -0.2) is 10.4 Å². The molecule has 6 nitrogen and oxygen atoms in total. The van der Waals surface area contributed by atoms with Crippen LogP contribution in [0.3, 0.4) is 0 Å². The average molecular weight is 270 g/mol. The molecule has 1 aliphatic heterocycles. The molecular formula is C14H14N4O2. The van der Waals surface area contributed by atoms with Crippen molar-refractivity contribution in [2.45, 2.75) is 6.04 Å². The molecule has 0 saturated carbocycles. The summed E-state index contributed by atoms with van der Waals surface area (Å²) in [6.45, 7) is 0. The van der Waals surface area contributed by atoms with Gasteiger partial charge in [-0.15, -0.1) is 0 Å². The number of hydrogen-bond donors (Lipinski definition) is 3. The first-order chi connectivity index (χ1) is 9.81. The smallest absolute Gasteiger partial charge is 0.213 e. The van der Waals surface area contributed by atoms with Crippen LogP contribution in [-0.2, 0) is 4.79 Å². The molecule has 1 aromatic carbocycles. The van der Waals surface area contributed by atoms with Crippen molar-refractivity contribution in [2.75, 3.05) is 17.9 Å². The van der Waals surface area contributed by atoms with Crippen LogP contribution in [0.4, 0.5) is 11.4 Å². The van der Waals surface area contributed by atoms with Gasteiger partial charge in [0.2, 0.25) is 12.3 Å². The van der Waals surface area contributed by atoms with E-state index < -0.39 is 0 Å². The third-order valence-electron chi connectivity index (χ3n) is 3.24. The van der Waals surface area contributed by atoms with Gasteiger partial charge in [0, 0.05) is 23.5 Å². The highest BCUT2D eigenvalue weighted by molar-refractivity contribution is 5.74. The molecule has 3 rings (SSSR count). The second-order valence-electron chi connectivity index (χ2n) is 4.40. The standard InChI is InChI=1S/C14H14N4O2/c1-20-13-6-9(4-5-15-13)14-11-7-10(16-8-19)2-3-12(11)17-18-14/h2-8,14,17-18H,1H3,(H,16,19). The van der Waals surface area contributed by atoms with Crippen LogP contribution in [0.5, 0.6) is 5.88 Å². The van der Waals surface area contributed by atoms with E-state index in [4.69, 9.17) is 4.74 Å². The van der Waals surface area contributed by atoms with Crippen molar-refractivity contribution in [3.63, 3.8) is 0 Å². The lowest BCUT2D eigenvalue weighted by Crippen LogP contribution is -2.19. The molecule has 1 aliphatic rings. The lowest BCUT2D eigenvalue weighted by molar-refractivity contribution is -0.105. The number of nitrogens with one attached hydrogen (secondary N) is 3. The zero-order valence-corrected chi connectivity index (χ0v) is 10.9. The van der Waals surface area contributed by atoms with Crippen molar-refractivity contribution in [1.82, 2.24) is 10.4 Å².